The van der Waals surface area contributed by atoms with E-state index in [4.69, 9.17) is 17.3 Å². The zero-order valence-electron chi connectivity index (χ0n) is 12.2. The quantitative estimate of drug-likeness (QED) is 0.930. The smallest absolute Gasteiger partial charge is 0.0471 e. The van der Waals surface area contributed by atoms with Crippen molar-refractivity contribution in [1.29, 1.82) is 0 Å². The maximum absolute atomic E-state index is 6.47. The minimum Gasteiger partial charge on any atom is -0.371 e. The first-order valence-electron chi connectivity index (χ1n) is 7.65. The molecule has 0 saturated carbocycles. The minimum atomic E-state index is 0.299. The van der Waals surface area contributed by atoms with Gasteiger partial charge in [-0.2, -0.15) is 0 Å². The van der Waals surface area contributed by atoms with E-state index in [0.29, 0.717) is 12.0 Å². The summed E-state index contributed by atoms with van der Waals surface area (Å²) in [5, 5.41) is 0.891. The molecule has 3 rings (SSSR count). The van der Waals surface area contributed by atoms with Crippen LogP contribution in [0.4, 0.5) is 5.69 Å². The van der Waals surface area contributed by atoms with Crippen LogP contribution in [0.15, 0.2) is 18.2 Å². The molecule has 20 heavy (non-hydrogen) atoms. The lowest BCUT2D eigenvalue weighted by atomic mass is 10.1. The Morgan fingerprint density at radius 1 is 1.25 bits per heavy atom. The van der Waals surface area contributed by atoms with Crippen LogP contribution < -0.4 is 10.6 Å². The number of hydrogen-bond acceptors (Lipinski definition) is 3. The summed E-state index contributed by atoms with van der Waals surface area (Å²) in [7, 11) is 0. The first kappa shape index (κ1) is 14.2. The zero-order chi connectivity index (χ0) is 14.1. The summed E-state index contributed by atoms with van der Waals surface area (Å²) in [6.45, 7) is 7.52. The van der Waals surface area contributed by atoms with Crippen LogP contribution in [0.3, 0.4) is 0 Å². The van der Waals surface area contributed by atoms with Crippen LogP contribution in [0.1, 0.15) is 25.3 Å². The van der Waals surface area contributed by atoms with Crippen LogP contribution in [0.5, 0.6) is 0 Å². The van der Waals surface area contributed by atoms with Gasteiger partial charge in [0.15, 0.2) is 0 Å². The van der Waals surface area contributed by atoms with Gasteiger partial charge in [-0.3, -0.25) is 4.90 Å². The summed E-state index contributed by atoms with van der Waals surface area (Å²) in [6, 6.07) is 6.59. The van der Waals surface area contributed by atoms with Crippen LogP contribution >= 0.6 is 11.6 Å². The standard InChI is InChI=1S/C16H24ClN3/c1-12-9-19(11-15(12)18)10-13-14(17)5-4-6-16(13)20-7-2-3-8-20/h4-6,12,15H,2-3,7-11,18H2,1H3. The molecule has 0 aliphatic carbocycles. The normalized spacial score (nSPS) is 27.4. The van der Waals surface area contributed by atoms with Gasteiger partial charge in [0.2, 0.25) is 0 Å². The van der Waals surface area contributed by atoms with Crippen molar-refractivity contribution >= 4 is 17.3 Å². The second-order valence-corrected chi connectivity index (χ2v) is 6.67. The lowest BCUT2D eigenvalue weighted by Crippen LogP contribution is -2.29. The monoisotopic (exact) mass is 293 g/mol. The number of benzene rings is 1. The van der Waals surface area contributed by atoms with Crippen molar-refractivity contribution in [3.63, 3.8) is 0 Å². The molecule has 1 aromatic carbocycles. The number of anilines is 1. The summed E-state index contributed by atoms with van der Waals surface area (Å²) in [5.74, 6) is 0.577. The molecule has 2 atom stereocenters. The third-order valence-corrected chi connectivity index (χ3v) is 5.02. The van der Waals surface area contributed by atoms with E-state index < -0.39 is 0 Å². The molecular formula is C16H24ClN3. The van der Waals surface area contributed by atoms with Gasteiger partial charge in [0.25, 0.3) is 0 Å². The van der Waals surface area contributed by atoms with Gasteiger partial charge in [-0.05, 0) is 30.9 Å². The number of nitrogens with zero attached hydrogens (tertiary/aromatic N) is 2. The first-order chi connectivity index (χ1) is 9.65. The Bertz CT molecular complexity index is 461. The third-order valence-electron chi connectivity index (χ3n) is 4.67. The van der Waals surface area contributed by atoms with Gasteiger partial charge in [-0.15, -0.1) is 0 Å². The van der Waals surface area contributed by atoms with Crippen LogP contribution in [-0.2, 0) is 6.54 Å². The average Bonchev–Trinajstić information content (AvgIpc) is 3.03. The molecule has 0 spiro atoms. The Balaban J connectivity index is 1.81. The van der Waals surface area contributed by atoms with E-state index in [-0.39, 0.29) is 0 Å². The summed E-state index contributed by atoms with van der Waals surface area (Å²) in [5.41, 5.74) is 8.73. The van der Waals surface area contributed by atoms with E-state index in [9.17, 15) is 0 Å². The Morgan fingerprint density at radius 3 is 2.65 bits per heavy atom. The molecule has 2 N–H and O–H groups in total. The Hall–Kier alpha value is -0.770. The summed E-state index contributed by atoms with van der Waals surface area (Å²) in [4.78, 5) is 4.91. The number of rotatable bonds is 3. The van der Waals surface area contributed by atoms with Crippen molar-refractivity contribution in [2.24, 2.45) is 11.7 Å². The fourth-order valence-corrected chi connectivity index (χ4v) is 3.64. The molecule has 1 aromatic rings. The van der Waals surface area contributed by atoms with Crippen molar-refractivity contribution in [1.82, 2.24) is 4.90 Å². The van der Waals surface area contributed by atoms with E-state index in [1.54, 1.807) is 0 Å². The molecule has 3 nitrogen and oxygen atoms in total. The van der Waals surface area contributed by atoms with Gasteiger partial charge in [-0.1, -0.05) is 24.6 Å². The molecule has 0 radical (unpaired) electrons. The SMILES string of the molecule is CC1CN(Cc2c(Cl)cccc2N2CCCC2)CC1N. The van der Waals surface area contributed by atoms with Gasteiger partial charge in [0, 0.05) is 55.0 Å². The largest absolute Gasteiger partial charge is 0.371 e. The number of hydrogen-bond donors (Lipinski definition) is 1. The highest BCUT2D eigenvalue weighted by Crippen LogP contribution is 2.32. The number of likely N-dealkylation sites (tertiary alicyclic amines) is 1. The molecular weight excluding hydrogens is 270 g/mol. The lowest BCUT2D eigenvalue weighted by molar-refractivity contribution is 0.319. The highest BCUT2D eigenvalue weighted by molar-refractivity contribution is 6.31. The van der Waals surface area contributed by atoms with Crippen LogP contribution in [0.2, 0.25) is 5.02 Å². The van der Waals surface area contributed by atoms with E-state index >= 15 is 0 Å². The van der Waals surface area contributed by atoms with Crippen molar-refractivity contribution in [2.45, 2.75) is 32.4 Å². The van der Waals surface area contributed by atoms with Crippen molar-refractivity contribution in [2.75, 3.05) is 31.1 Å². The fraction of sp³-hybridized carbons (Fsp3) is 0.625. The number of nitrogens with two attached hydrogens (primary N) is 1. The van der Waals surface area contributed by atoms with Crippen molar-refractivity contribution in [3.8, 4) is 0 Å². The molecule has 2 heterocycles. The fourth-order valence-electron chi connectivity index (χ4n) is 3.41. The highest BCUT2D eigenvalue weighted by Gasteiger charge is 2.28. The molecule has 2 aliphatic heterocycles. The summed E-state index contributed by atoms with van der Waals surface area (Å²) >= 11 is 6.47. The van der Waals surface area contributed by atoms with Crippen molar-refractivity contribution < 1.29 is 0 Å². The van der Waals surface area contributed by atoms with Gasteiger partial charge >= 0.3 is 0 Å². The molecule has 110 valence electrons. The number of halogens is 1. The molecule has 2 saturated heterocycles. The lowest BCUT2D eigenvalue weighted by Gasteiger charge is -2.25. The van der Waals surface area contributed by atoms with E-state index in [0.717, 1.165) is 37.7 Å². The molecule has 4 heteroatoms. The molecule has 2 fully saturated rings. The summed E-state index contributed by atoms with van der Waals surface area (Å²) in [6.07, 6.45) is 2.58. The minimum absolute atomic E-state index is 0.299. The first-order valence-corrected chi connectivity index (χ1v) is 8.03. The van der Waals surface area contributed by atoms with Gasteiger partial charge < -0.3 is 10.6 Å². The Kier molecular flexibility index (Phi) is 4.20. The van der Waals surface area contributed by atoms with Gasteiger partial charge in [-0.25, -0.2) is 0 Å². The Morgan fingerprint density at radius 2 is 2.00 bits per heavy atom. The van der Waals surface area contributed by atoms with E-state index in [2.05, 4.69) is 28.9 Å². The molecule has 2 unspecified atom stereocenters. The van der Waals surface area contributed by atoms with Crippen LogP contribution in [-0.4, -0.2) is 37.1 Å². The van der Waals surface area contributed by atoms with E-state index in [1.807, 2.05) is 6.07 Å². The highest BCUT2D eigenvalue weighted by atomic mass is 35.5. The third kappa shape index (κ3) is 2.80. The second-order valence-electron chi connectivity index (χ2n) is 6.27. The van der Waals surface area contributed by atoms with Crippen molar-refractivity contribution in [3.05, 3.63) is 28.8 Å². The topological polar surface area (TPSA) is 32.5 Å². The van der Waals surface area contributed by atoms with Gasteiger partial charge in [0.05, 0.1) is 0 Å². The maximum Gasteiger partial charge on any atom is 0.0471 e. The average molecular weight is 294 g/mol. The second kappa shape index (κ2) is 5.92. The van der Waals surface area contributed by atoms with E-state index in [1.165, 1.54) is 24.1 Å². The predicted molar refractivity (Wildman–Crippen MR) is 85.3 cm³/mol. The van der Waals surface area contributed by atoms with Crippen LogP contribution in [0.25, 0.3) is 0 Å². The maximum atomic E-state index is 6.47. The molecule has 0 amide bonds. The molecule has 2 aliphatic rings. The summed E-state index contributed by atoms with van der Waals surface area (Å²) < 4.78 is 0. The van der Waals surface area contributed by atoms with Crippen LogP contribution in [0, 0.1) is 5.92 Å². The molecule has 0 aromatic heterocycles. The van der Waals surface area contributed by atoms with Gasteiger partial charge in [0.1, 0.15) is 0 Å². The molecule has 0 bridgehead atoms. The predicted octanol–water partition coefficient (Wildman–Crippen LogP) is 2.72. The zero-order valence-corrected chi connectivity index (χ0v) is 12.9. The Labute approximate surface area is 126 Å².